The molecule has 0 heterocycles. The third-order valence-corrected chi connectivity index (χ3v) is 2.42. The number of hydrogen-bond acceptors (Lipinski definition) is 5. The summed E-state index contributed by atoms with van der Waals surface area (Å²) < 4.78 is 4.69. The van der Waals surface area contributed by atoms with Crippen molar-refractivity contribution in [1.82, 2.24) is 0 Å². The second-order valence-corrected chi connectivity index (χ2v) is 4.73. The van der Waals surface area contributed by atoms with Crippen LogP contribution in [-0.2, 0) is 14.3 Å². The molecule has 0 atom stereocenters. The van der Waals surface area contributed by atoms with Gasteiger partial charge in [0, 0.05) is 17.2 Å². The number of ether oxygens (including phenoxy) is 1. The van der Waals surface area contributed by atoms with Crippen LogP contribution in [0.15, 0.2) is 29.8 Å². The lowest BCUT2D eigenvalue weighted by atomic mass is 10.2. The SMILES string of the molecule is CC(C)=CC(=O)OCC(=O)Nc1ccc(Cl)cc1[N+](=O)[O-]. The molecule has 0 saturated carbocycles. The molecule has 21 heavy (non-hydrogen) atoms. The molecule has 112 valence electrons. The number of hydrogen-bond donors (Lipinski definition) is 1. The van der Waals surface area contributed by atoms with Gasteiger partial charge in [0.05, 0.1) is 4.92 Å². The summed E-state index contributed by atoms with van der Waals surface area (Å²) in [5.41, 5.74) is 0.368. The molecule has 7 nitrogen and oxygen atoms in total. The molecule has 1 N–H and O–H groups in total. The van der Waals surface area contributed by atoms with Crippen LogP contribution in [0, 0.1) is 10.1 Å². The molecular weight excluding hydrogens is 300 g/mol. The normalized spacial score (nSPS) is 9.67. The van der Waals surface area contributed by atoms with Crippen molar-refractivity contribution in [3.63, 3.8) is 0 Å². The van der Waals surface area contributed by atoms with Crippen LogP contribution in [0.25, 0.3) is 0 Å². The predicted molar refractivity (Wildman–Crippen MR) is 77.1 cm³/mol. The van der Waals surface area contributed by atoms with Gasteiger partial charge in [-0.1, -0.05) is 17.2 Å². The minimum absolute atomic E-state index is 0.0207. The van der Waals surface area contributed by atoms with E-state index < -0.39 is 23.4 Å². The van der Waals surface area contributed by atoms with Crippen LogP contribution in [0.2, 0.25) is 5.02 Å². The van der Waals surface area contributed by atoms with Gasteiger partial charge < -0.3 is 10.1 Å². The van der Waals surface area contributed by atoms with Crippen LogP contribution < -0.4 is 5.32 Å². The van der Waals surface area contributed by atoms with E-state index in [1.807, 2.05) is 0 Å². The number of esters is 1. The topological polar surface area (TPSA) is 98.5 Å². The maximum atomic E-state index is 11.6. The quantitative estimate of drug-likeness (QED) is 0.390. The third kappa shape index (κ3) is 5.62. The number of anilines is 1. The van der Waals surface area contributed by atoms with Gasteiger partial charge in [-0.25, -0.2) is 4.79 Å². The molecule has 0 aliphatic carbocycles. The summed E-state index contributed by atoms with van der Waals surface area (Å²) in [6.45, 7) is 2.87. The Bertz CT molecular complexity index is 609. The molecule has 1 rings (SSSR count). The highest BCUT2D eigenvalue weighted by Crippen LogP contribution is 2.27. The van der Waals surface area contributed by atoms with Crippen molar-refractivity contribution in [2.24, 2.45) is 0 Å². The number of nitro benzene ring substituents is 1. The Morgan fingerprint density at radius 2 is 2.10 bits per heavy atom. The van der Waals surface area contributed by atoms with E-state index in [-0.39, 0.29) is 16.4 Å². The Kier molecular flexibility index (Phi) is 5.86. The largest absolute Gasteiger partial charge is 0.452 e. The van der Waals surface area contributed by atoms with Crippen molar-refractivity contribution in [2.75, 3.05) is 11.9 Å². The Morgan fingerprint density at radius 3 is 2.67 bits per heavy atom. The fraction of sp³-hybridized carbons (Fsp3) is 0.231. The van der Waals surface area contributed by atoms with Crippen LogP contribution in [0.4, 0.5) is 11.4 Å². The Balaban J connectivity index is 2.70. The summed E-state index contributed by atoms with van der Waals surface area (Å²) >= 11 is 5.66. The highest BCUT2D eigenvalue weighted by Gasteiger charge is 2.17. The van der Waals surface area contributed by atoms with Gasteiger partial charge in [-0.05, 0) is 26.0 Å². The lowest BCUT2D eigenvalue weighted by molar-refractivity contribution is -0.383. The van der Waals surface area contributed by atoms with E-state index in [4.69, 9.17) is 11.6 Å². The van der Waals surface area contributed by atoms with E-state index in [0.717, 1.165) is 11.6 Å². The first kappa shape index (κ1) is 16.6. The first-order chi connectivity index (χ1) is 9.79. The summed E-state index contributed by atoms with van der Waals surface area (Å²) in [4.78, 5) is 33.0. The number of allylic oxidation sites excluding steroid dienone is 1. The lowest BCUT2D eigenvalue weighted by Gasteiger charge is -2.06. The second kappa shape index (κ2) is 7.39. The number of benzene rings is 1. The second-order valence-electron chi connectivity index (χ2n) is 4.30. The van der Waals surface area contributed by atoms with Crippen LogP contribution in [0.5, 0.6) is 0 Å². The lowest BCUT2D eigenvalue weighted by Crippen LogP contribution is -2.20. The molecule has 1 aromatic carbocycles. The molecule has 0 fully saturated rings. The van der Waals surface area contributed by atoms with Gasteiger partial charge in [0.1, 0.15) is 5.69 Å². The van der Waals surface area contributed by atoms with Crippen molar-refractivity contribution in [1.29, 1.82) is 0 Å². The zero-order chi connectivity index (χ0) is 16.0. The standard InChI is InChI=1S/C13H13ClN2O5/c1-8(2)5-13(18)21-7-12(17)15-10-4-3-9(14)6-11(10)16(19)20/h3-6H,7H2,1-2H3,(H,15,17). The van der Waals surface area contributed by atoms with E-state index in [9.17, 15) is 19.7 Å². The van der Waals surface area contributed by atoms with Crippen molar-refractivity contribution < 1.29 is 19.2 Å². The van der Waals surface area contributed by atoms with Crippen LogP contribution >= 0.6 is 11.6 Å². The first-order valence-electron chi connectivity index (χ1n) is 5.85. The summed E-state index contributed by atoms with van der Waals surface area (Å²) in [6, 6.07) is 3.82. The molecule has 1 aromatic rings. The zero-order valence-electron chi connectivity index (χ0n) is 11.4. The Morgan fingerprint density at radius 1 is 1.43 bits per heavy atom. The molecule has 0 saturated heterocycles. The third-order valence-electron chi connectivity index (χ3n) is 2.18. The van der Waals surface area contributed by atoms with Gasteiger partial charge in [0.2, 0.25) is 0 Å². The molecular formula is C13H13ClN2O5. The van der Waals surface area contributed by atoms with Crippen molar-refractivity contribution in [3.8, 4) is 0 Å². The fourth-order valence-corrected chi connectivity index (χ4v) is 1.53. The number of amides is 1. The molecule has 0 aliphatic heterocycles. The summed E-state index contributed by atoms with van der Waals surface area (Å²) in [5.74, 6) is -1.34. The fourth-order valence-electron chi connectivity index (χ4n) is 1.36. The maximum Gasteiger partial charge on any atom is 0.331 e. The average molecular weight is 313 g/mol. The van der Waals surface area contributed by atoms with E-state index in [1.54, 1.807) is 13.8 Å². The highest BCUT2D eigenvalue weighted by atomic mass is 35.5. The minimum atomic E-state index is -0.684. The predicted octanol–water partition coefficient (Wildman–Crippen LogP) is 2.70. The van der Waals surface area contributed by atoms with Gasteiger partial charge in [0.15, 0.2) is 6.61 Å². The molecule has 0 radical (unpaired) electrons. The first-order valence-corrected chi connectivity index (χ1v) is 6.23. The van der Waals surface area contributed by atoms with E-state index >= 15 is 0 Å². The van der Waals surface area contributed by atoms with Crippen LogP contribution in [-0.4, -0.2) is 23.4 Å². The zero-order valence-corrected chi connectivity index (χ0v) is 12.1. The highest BCUT2D eigenvalue weighted by molar-refractivity contribution is 6.31. The molecule has 1 amide bonds. The number of nitrogens with one attached hydrogen (secondary N) is 1. The van der Waals surface area contributed by atoms with E-state index in [1.165, 1.54) is 18.2 Å². The minimum Gasteiger partial charge on any atom is -0.452 e. The molecule has 0 spiro atoms. The Labute approximate surface area is 125 Å². The van der Waals surface area contributed by atoms with Gasteiger partial charge in [0.25, 0.3) is 11.6 Å². The molecule has 0 bridgehead atoms. The number of nitrogens with zero attached hydrogens (tertiary/aromatic N) is 1. The summed E-state index contributed by atoms with van der Waals surface area (Å²) in [5, 5.41) is 13.3. The summed E-state index contributed by atoms with van der Waals surface area (Å²) in [6.07, 6.45) is 1.23. The molecule has 0 aromatic heterocycles. The number of halogens is 1. The van der Waals surface area contributed by atoms with Crippen molar-refractivity contribution in [3.05, 3.63) is 45.0 Å². The molecule has 8 heteroatoms. The number of rotatable bonds is 5. The van der Waals surface area contributed by atoms with Crippen LogP contribution in [0.3, 0.4) is 0 Å². The monoisotopic (exact) mass is 312 g/mol. The Hall–Kier alpha value is -2.41. The van der Waals surface area contributed by atoms with Gasteiger partial charge in [-0.2, -0.15) is 0 Å². The maximum absolute atomic E-state index is 11.6. The number of nitro groups is 1. The number of carbonyl (C=O) groups excluding carboxylic acids is 2. The number of carbonyl (C=O) groups is 2. The van der Waals surface area contributed by atoms with E-state index in [2.05, 4.69) is 10.1 Å². The van der Waals surface area contributed by atoms with E-state index in [0.29, 0.717) is 0 Å². The van der Waals surface area contributed by atoms with Crippen molar-refractivity contribution >= 4 is 34.9 Å². The summed E-state index contributed by atoms with van der Waals surface area (Å²) in [7, 11) is 0. The average Bonchev–Trinajstić information content (AvgIpc) is 2.37. The van der Waals surface area contributed by atoms with Gasteiger partial charge in [-0.3, -0.25) is 14.9 Å². The van der Waals surface area contributed by atoms with Gasteiger partial charge >= 0.3 is 5.97 Å². The smallest absolute Gasteiger partial charge is 0.331 e. The van der Waals surface area contributed by atoms with Crippen molar-refractivity contribution in [2.45, 2.75) is 13.8 Å². The molecule has 0 aliphatic rings. The van der Waals surface area contributed by atoms with Crippen LogP contribution in [0.1, 0.15) is 13.8 Å². The molecule has 0 unspecified atom stereocenters. The van der Waals surface area contributed by atoms with Gasteiger partial charge in [-0.15, -0.1) is 0 Å².